The van der Waals surface area contributed by atoms with Gasteiger partial charge in [0.2, 0.25) is 15.9 Å². The highest BCUT2D eigenvalue weighted by Crippen LogP contribution is 2.25. The Kier molecular flexibility index (Phi) is 7.67. The third kappa shape index (κ3) is 6.22. The van der Waals surface area contributed by atoms with Crippen LogP contribution in [0.1, 0.15) is 38.8 Å². The lowest BCUT2D eigenvalue weighted by Crippen LogP contribution is -2.48. The van der Waals surface area contributed by atoms with Gasteiger partial charge >= 0.3 is 0 Å². The summed E-state index contributed by atoms with van der Waals surface area (Å²) in [4.78, 5) is 13.1. The van der Waals surface area contributed by atoms with Gasteiger partial charge in [-0.05, 0) is 49.1 Å². The van der Waals surface area contributed by atoms with E-state index >= 15 is 0 Å². The average molecular weight is 419 g/mol. The van der Waals surface area contributed by atoms with Crippen LogP contribution < -0.4 is 14.4 Å². The molecule has 2 rings (SSSR count). The summed E-state index contributed by atoms with van der Waals surface area (Å²) in [7, 11) is -2.13. The summed E-state index contributed by atoms with van der Waals surface area (Å²) in [5.41, 5.74) is 1.41. The molecule has 0 aliphatic heterocycles. The molecule has 0 bridgehead atoms. The molecular formula is C22H30N2O4S. The molecule has 0 aliphatic carbocycles. The zero-order valence-electron chi connectivity index (χ0n) is 17.6. The summed E-state index contributed by atoms with van der Waals surface area (Å²) < 4.78 is 31.2. The fourth-order valence-corrected chi connectivity index (χ4v) is 4.44. The second-order valence-corrected chi connectivity index (χ2v) is 9.39. The van der Waals surface area contributed by atoms with Crippen LogP contribution in [0.15, 0.2) is 54.6 Å². The largest absolute Gasteiger partial charge is 0.497 e. The van der Waals surface area contributed by atoms with E-state index in [2.05, 4.69) is 19.2 Å². The summed E-state index contributed by atoms with van der Waals surface area (Å²) in [6, 6.07) is 15.2. The molecule has 158 valence electrons. The Bertz CT molecular complexity index is 896. The van der Waals surface area contributed by atoms with Crippen LogP contribution in [-0.2, 0) is 14.8 Å². The number of carbonyl (C=O) groups is 1. The van der Waals surface area contributed by atoms with Gasteiger partial charge in [-0.25, -0.2) is 8.42 Å². The predicted molar refractivity (Wildman–Crippen MR) is 117 cm³/mol. The van der Waals surface area contributed by atoms with E-state index in [1.807, 2.05) is 30.3 Å². The van der Waals surface area contributed by atoms with Crippen molar-refractivity contribution in [2.24, 2.45) is 5.92 Å². The van der Waals surface area contributed by atoms with E-state index in [0.29, 0.717) is 17.4 Å². The maximum Gasteiger partial charge on any atom is 0.244 e. The molecule has 2 aromatic rings. The van der Waals surface area contributed by atoms with Crippen LogP contribution >= 0.6 is 0 Å². The third-order valence-corrected chi connectivity index (χ3v) is 5.88. The van der Waals surface area contributed by atoms with Crippen LogP contribution in [0.4, 0.5) is 5.69 Å². The van der Waals surface area contributed by atoms with Gasteiger partial charge in [0.25, 0.3) is 0 Å². The number of hydrogen-bond donors (Lipinski definition) is 1. The van der Waals surface area contributed by atoms with Gasteiger partial charge in [-0.3, -0.25) is 9.10 Å². The number of hydrogen-bond acceptors (Lipinski definition) is 4. The number of nitrogens with zero attached hydrogens (tertiary/aromatic N) is 1. The first-order valence-corrected chi connectivity index (χ1v) is 11.5. The second-order valence-electron chi connectivity index (χ2n) is 7.53. The molecule has 6 nitrogen and oxygen atoms in total. The van der Waals surface area contributed by atoms with E-state index in [1.165, 1.54) is 7.11 Å². The molecule has 0 unspecified atom stereocenters. The summed E-state index contributed by atoms with van der Waals surface area (Å²) in [5, 5.41) is 3.04. The van der Waals surface area contributed by atoms with E-state index < -0.39 is 16.1 Å². The van der Waals surface area contributed by atoms with E-state index in [4.69, 9.17) is 4.74 Å². The molecule has 0 radical (unpaired) electrons. The Labute approximate surface area is 173 Å². The lowest BCUT2D eigenvalue weighted by atomic mass is 9.96. The minimum absolute atomic E-state index is 0.191. The molecular weight excluding hydrogens is 388 g/mol. The molecule has 0 spiro atoms. The fourth-order valence-electron chi connectivity index (χ4n) is 3.27. The van der Waals surface area contributed by atoms with Gasteiger partial charge in [0.05, 0.1) is 25.1 Å². The summed E-state index contributed by atoms with van der Waals surface area (Å²) in [6.07, 6.45) is 1.85. The first kappa shape index (κ1) is 22.7. The maximum absolute atomic E-state index is 13.1. The van der Waals surface area contributed by atoms with Crippen molar-refractivity contribution >= 4 is 21.6 Å². The SMILES string of the molecule is COc1ccc(N([C@H](C)C(=O)N[C@@H](CC(C)C)c2ccccc2)S(C)(=O)=O)cc1. The molecule has 0 fully saturated rings. The van der Waals surface area contributed by atoms with Crippen molar-refractivity contribution in [3.05, 3.63) is 60.2 Å². The van der Waals surface area contributed by atoms with E-state index in [9.17, 15) is 13.2 Å². The van der Waals surface area contributed by atoms with Crippen LogP contribution in [0.25, 0.3) is 0 Å². The Morgan fingerprint density at radius 1 is 1.03 bits per heavy atom. The number of ether oxygens (including phenoxy) is 1. The maximum atomic E-state index is 13.1. The number of carbonyl (C=O) groups excluding carboxylic acids is 1. The number of sulfonamides is 1. The molecule has 0 saturated heterocycles. The monoisotopic (exact) mass is 418 g/mol. The Morgan fingerprint density at radius 2 is 1.62 bits per heavy atom. The number of nitrogens with one attached hydrogen (secondary N) is 1. The number of anilines is 1. The average Bonchev–Trinajstić information content (AvgIpc) is 2.67. The normalized spacial score (nSPS) is 13.6. The first-order chi connectivity index (χ1) is 13.6. The van der Waals surface area contributed by atoms with Crippen LogP contribution in [0, 0.1) is 5.92 Å². The molecule has 2 aromatic carbocycles. The van der Waals surface area contributed by atoms with Crippen molar-refractivity contribution in [3.8, 4) is 5.75 Å². The Hall–Kier alpha value is -2.54. The molecule has 29 heavy (non-hydrogen) atoms. The zero-order chi connectivity index (χ0) is 21.6. The van der Waals surface area contributed by atoms with Crippen LogP contribution in [0.5, 0.6) is 5.75 Å². The van der Waals surface area contributed by atoms with Crippen molar-refractivity contribution in [1.29, 1.82) is 0 Å². The van der Waals surface area contributed by atoms with Gasteiger partial charge in [0.1, 0.15) is 11.8 Å². The summed E-state index contributed by atoms with van der Waals surface area (Å²) in [5.74, 6) is 0.629. The molecule has 1 N–H and O–H groups in total. The molecule has 7 heteroatoms. The molecule has 2 atom stereocenters. The minimum Gasteiger partial charge on any atom is -0.497 e. The number of rotatable bonds is 9. The third-order valence-electron chi connectivity index (χ3n) is 4.64. The van der Waals surface area contributed by atoms with Crippen LogP contribution in [0.2, 0.25) is 0 Å². The van der Waals surface area contributed by atoms with Crippen LogP contribution in [-0.4, -0.2) is 33.7 Å². The van der Waals surface area contributed by atoms with Gasteiger partial charge in [0, 0.05) is 0 Å². The highest BCUT2D eigenvalue weighted by molar-refractivity contribution is 7.92. The van der Waals surface area contributed by atoms with Gasteiger partial charge in [-0.1, -0.05) is 44.2 Å². The van der Waals surface area contributed by atoms with Gasteiger partial charge in [0.15, 0.2) is 0 Å². The van der Waals surface area contributed by atoms with E-state index in [-0.39, 0.29) is 11.9 Å². The van der Waals surface area contributed by atoms with Crippen LogP contribution in [0.3, 0.4) is 0 Å². The number of methoxy groups -OCH3 is 1. The number of amides is 1. The topological polar surface area (TPSA) is 75.7 Å². The van der Waals surface area contributed by atoms with Crippen molar-refractivity contribution in [1.82, 2.24) is 5.32 Å². The lowest BCUT2D eigenvalue weighted by Gasteiger charge is -2.30. The van der Waals surface area contributed by atoms with Crippen molar-refractivity contribution < 1.29 is 17.9 Å². The van der Waals surface area contributed by atoms with Crippen molar-refractivity contribution in [2.75, 3.05) is 17.7 Å². The quantitative estimate of drug-likeness (QED) is 0.673. The van der Waals surface area contributed by atoms with E-state index in [1.54, 1.807) is 31.2 Å². The standard InChI is InChI=1S/C22H30N2O4S/c1-16(2)15-21(18-9-7-6-8-10-18)23-22(25)17(3)24(29(5,26)27)19-11-13-20(28-4)14-12-19/h6-14,16-17,21H,15H2,1-5H3,(H,23,25)/t17-,21+/m1/s1. The smallest absolute Gasteiger partial charge is 0.244 e. The summed E-state index contributed by atoms with van der Waals surface area (Å²) in [6.45, 7) is 5.77. The van der Waals surface area contributed by atoms with Crippen molar-refractivity contribution in [2.45, 2.75) is 39.3 Å². The Morgan fingerprint density at radius 3 is 2.10 bits per heavy atom. The highest BCUT2D eigenvalue weighted by Gasteiger charge is 2.30. The van der Waals surface area contributed by atoms with Gasteiger partial charge < -0.3 is 10.1 Å². The Balaban J connectivity index is 2.29. The second kappa shape index (κ2) is 9.78. The minimum atomic E-state index is -3.67. The van der Waals surface area contributed by atoms with E-state index in [0.717, 1.165) is 22.5 Å². The molecule has 0 aromatic heterocycles. The molecule has 0 saturated carbocycles. The zero-order valence-corrected chi connectivity index (χ0v) is 18.4. The molecule has 0 heterocycles. The van der Waals surface area contributed by atoms with Crippen molar-refractivity contribution in [3.63, 3.8) is 0 Å². The highest BCUT2D eigenvalue weighted by atomic mass is 32.2. The van der Waals surface area contributed by atoms with Gasteiger partial charge in [-0.2, -0.15) is 0 Å². The number of benzene rings is 2. The fraction of sp³-hybridized carbons (Fsp3) is 0.409. The molecule has 0 aliphatic rings. The first-order valence-electron chi connectivity index (χ1n) is 9.62. The molecule has 1 amide bonds. The predicted octanol–water partition coefficient (Wildman–Crippen LogP) is 3.75. The summed E-state index contributed by atoms with van der Waals surface area (Å²) >= 11 is 0. The van der Waals surface area contributed by atoms with Gasteiger partial charge in [-0.15, -0.1) is 0 Å². The lowest BCUT2D eigenvalue weighted by molar-refractivity contribution is -0.122.